The van der Waals surface area contributed by atoms with Crippen molar-refractivity contribution in [2.45, 2.75) is 18.9 Å². The predicted molar refractivity (Wildman–Crippen MR) is 77.8 cm³/mol. The quantitative estimate of drug-likeness (QED) is 0.736. The monoisotopic (exact) mass is 281 g/mol. The number of aromatic nitrogens is 4. The van der Waals surface area contributed by atoms with Crippen molar-refractivity contribution in [1.29, 1.82) is 5.26 Å². The van der Waals surface area contributed by atoms with Crippen molar-refractivity contribution < 1.29 is 0 Å². The van der Waals surface area contributed by atoms with Gasteiger partial charge in [0.1, 0.15) is 11.6 Å². The molecule has 1 unspecified atom stereocenters. The standard InChI is InChI=1S/C14H15N7/c15-8-11(14-18-20-21-19-14)9-17-12-4-1-3-10(7-12)13-5-2-6-16-13/h1,3-4,7,9,13,16-17H,2,5-6H2,(H,18,19,20,21). The van der Waals surface area contributed by atoms with Crippen LogP contribution in [0.5, 0.6) is 0 Å². The van der Waals surface area contributed by atoms with Crippen LogP contribution in [0.25, 0.3) is 5.57 Å². The molecule has 0 bridgehead atoms. The molecular weight excluding hydrogens is 266 g/mol. The van der Waals surface area contributed by atoms with Crippen molar-refractivity contribution in [1.82, 2.24) is 25.9 Å². The van der Waals surface area contributed by atoms with Crippen molar-refractivity contribution >= 4 is 11.3 Å². The van der Waals surface area contributed by atoms with Crippen molar-refractivity contribution in [3.8, 4) is 6.07 Å². The SMILES string of the molecule is N#CC(=CNc1cccc(C2CCCN2)c1)c1nn[nH]n1. The van der Waals surface area contributed by atoms with E-state index in [9.17, 15) is 0 Å². The highest BCUT2D eigenvalue weighted by Gasteiger charge is 2.15. The summed E-state index contributed by atoms with van der Waals surface area (Å²) >= 11 is 0. The third-order valence-electron chi connectivity index (χ3n) is 3.44. The van der Waals surface area contributed by atoms with Crippen LogP contribution in [-0.4, -0.2) is 27.2 Å². The Kier molecular flexibility index (Phi) is 3.89. The van der Waals surface area contributed by atoms with Gasteiger partial charge in [-0.25, -0.2) is 0 Å². The first-order valence-electron chi connectivity index (χ1n) is 6.81. The van der Waals surface area contributed by atoms with Gasteiger partial charge in [-0.2, -0.15) is 10.5 Å². The minimum absolute atomic E-state index is 0.276. The zero-order valence-corrected chi connectivity index (χ0v) is 11.4. The van der Waals surface area contributed by atoms with Crippen LogP contribution in [0.15, 0.2) is 30.5 Å². The highest BCUT2D eigenvalue weighted by atomic mass is 15.5. The van der Waals surface area contributed by atoms with Gasteiger partial charge in [0.25, 0.3) is 0 Å². The normalized spacial score (nSPS) is 18.4. The van der Waals surface area contributed by atoms with E-state index in [0.717, 1.165) is 18.7 Å². The van der Waals surface area contributed by atoms with Gasteiger partial charge >= 0.3 is 0 Å². The minimum Gasteiger partial charge on any atom is -0.360 e. The van der Waals surface area contributed by atoms with Gasteiger partial charge < -0.3 is 10.6 Å². The van der Waals surface area contributed by atoms with E-state index in [1.807, 2.05) is 18.2 Å². The molecule has 3 rings (SSSR count). The molecule has 0 amide bonds. The van der Waals surface area contributed by atoms with E-state index in [4.69, 9.17) is 5.26 Å². The van der Waals surface area contributed by atoms with Gasteiger partial charge in [-0.15, -0.1) is 10.2 Å². The lowest BCUT2D eigenvalue weighted by Crippen LogP contribution is -2.12. The minimum atomic E-state index is 0.276. The van der Waals surface area contributed by atoms with Crippen LogP contribution in [-0.2, 0) is 0 Å². The highest BCUT2D eigenvalue weighted by molar-refractivity contribution is 5.74. The summed E-state index contributed by atoms with van der Waals surface area (Å²) in [5, 5.41) is 29.1. The molecule has 1 atom stereocenters. The number of nitrogens with zero attached hydrogens (tertiary/aromatic N) is 4. The van der Waals surface area contributed by atoms with E-state index in [-0.39, 0.29) is 5.82 Å². The molecule has 2 aromatic rings. The summed E-state index contributed by atoms with van der Waals surface area (Å²) in [5.41, 5.74) is 2.51. The van der Waals surface area contributed by atoms with Gasteiger partial charge in [0.2, 0.25) is 5.82 Å². The maximum atomic E-state index is 9.11. The molecule has 0 spiro atoms. The second-order valence-electron chi connectivity index (χ2n) is 4.82. The summed E-state index contributed by atoms with van der Waals surface area (Å²) in [6, 6.07) is 10.6. The Morgan fingerprint density at radius 2 is 2.43 bits per heavy atom. The lowest BCUT2D eigenvalue weighted by atomic mass is 10.0. The summed E-state index contributed by atoms with van der Waals surface area (Å²) < 4.78 is 0. The molecule has 106 valence electrons. The number of H-pyrrole nitrogens is 1. The maximum Gasteiger partial charge on any atom is 0.216 e. The number of aromatic amines is 1. The lowest BCUT2D eigenvalue weighted by Gasteiger charge is -2.12. The third-order valence-corrected chi connectivity index (χ3v) is 3.44. The molecule has 1 aromatic carbocycles. The van der Waals surface area contributed by atoms with E-state index in [0.29, 0.717) is 11.6 Å². The first kappa shape index (κ1) is 13.3. The topological polar surface area (TPSA) is 102 Å². The van der Waals surface area contributed by atoms with Crippen molar-refractivity contribution in [2.24, 2.45) is 0 Å². The molecule has 0 aliphatic carbocycles. The fourth-order valence-electron chi connectivity index (χ4n) is 2.39. The highest BCUT2D eigenvalue weighted by Crippen LogP contribution is 2.25. The summed E-state index contributed by atoms with van der Waals surface area (Å²) in [4.78, 5) is 0. The Morgan fingerprint density at radius 1 is 1.48 bits per heavy atom. The molecule has 7 heteroatoms. The second kappa shape index (κ2) is 6.15. The third kappa shape index (κ3) is 3.07. The lowest BCUT2D eigenvalue weighted by molar-refractivity contribution is 0.648. The Labute approximate surface area is 122 Å². The second-order valence-corrected chi connectivity index (χ2v) is 4.82. The van der Waals surface area contributed by atoms with Gasteiger partial charge in [0, 0.05) is 17.9 Å². The molecule has 1 fully saturated rings. The number of allylic oxidation sites excluding steroid dienone is 1. The number of nitrogens with one attached hydrogen (secondary N) is 3. The average Bonchev–Trinajstić information content (AvgIpc) is 3.22. The molecule has 2 heterocycles. The molecule has 1 aliphatic heterocycles. The number of nitriles is 1. The molecule has 3 N–H and O–H groups in total. The first-order valence-corrected chi connectivity index (χ1v) is 6.81. The van der Waals surface area contributed by atoms with Crippen LogP contribution in [0.1, 0.15) is 30.3 Å². The van der Waals surface area contributed by atoms with E-state index in [1.165, 1.54) is 12.0 Å². The van der Waals surface area contributed by atoms with Gasteiger partial charge in [-0.3, -0.25) is 0 Å². The van der Waals surface area contributed by atoms with Gasteiger partial charge in [-0.05, 0) is 42.3 Å². The van der Waals surface area contributed by atoms with E-state index in [1.54, 1.807) is 6.20 Å². The van der Waals surface area contributed by atoms with Crippen LogP contribution >= 0.6 is 0 Å². The number of anilines is 1. The number of tetrazole rings is 1. The van der Waals surface area contributed by atoms with Gasteiger partial charge in [0.15, 0.2) is 0 Å². The van der Waals surface area contributed by atoms with Gasteiger partial charge in [0.05, 0.1) is 0 Å². The molecular formula is C14H15N7. The summed E-state index contributed by atoms with van der Waals surface area (Å²) in [6.07, 6.45) is 3.95. The van der Waals surface area contributed by atoms with Crippen LogP contribution in [0.3, 0.4) is 0 Å². The summed E-state index contributed by atoms with van der Waals surface area (Å²) in [6.45, 7) is 1.07. The van der Waals surface area contributed by atoms with Crippen molar-refractivity contribution in [3.05, 3.63) is 41.9 Å². The molecule has 1 saturated heterocycles. The van der Waals surface area contributed by atoms with Crippen LogP contribution in [0, 0.1) is 11.3 Å². The van der Waals surface area contributed by atoms with Crippen LogP contribution in [0.4, 0.5) is 5.69 Å². The summed E-state index contributed by atoms with van der Waals surface area (Å²) in [7, 11) is 0. The number of benzene rings is 1. The molecule has 21 heavy (non-hydrogen) atoms. The molecule has 0 saturated carbocycles. The predicted octanol–water partition coefficient (Wildman–Crippen LogP) is 1.60. The van der Waals surface area contributed by atoms with E-state index >= 15 is 0 Å². The Balaban J connectivity index is 1.75. The fourth-order valence-corrected chi connectivity index (χ4v) is 2.39. The molecule has 0 radical (unpaired) electrons. The molecule has 1 aliphatic rings. The number of hydrogen-bond acceptors (Lipinski definition) is 6. The van der Waals surface area contributed by atoms with Crippen molar-refractivity contribution in [2.75, 3.05) is 11.9 Å². The van der Waals surface area contributed by atoms with Gasteiger partial charge in [-0.1, -0.05) is 12.1 Å². The van der Waals surface area contributed by atoms with Crippen LogP contribution < -0.4 is 10.6 Å². The fraction of sp³-hybridized carbons (Fsp3) is 0.286. The Hall–Kier alpha value is -2.72. The van der Waals surface area contributed by atoms with E-state index in [2.05, 4.69) is 43.4 Å². The van der Waals surface area contributed by atoms with Crippen molar-refractivity contribution in [3.63, 3.8) is 0 Å². The maximum absolute atomic E-state index is 9.11. The van der Waals surface area contributed by atoms with Crippen LogP contribution in [0.2, 0.25) is 0 Å². The Morgan fingerprint density at radius 3 is 3.14 bits per heavy atom. The summed E-state index contributed by atoms with van der Waals surface area (Å²) in [5.74, 6) is 0.276. The zero-order valence-electron chi connectivity index (χ0n) is 11.4. The first-order chi connectivity index (χ1) is 10.4. The number of hydrogen-bond donors (Lipinski definition) is 3. The zero-order chi connectivity index (χ0) is 14.5. The Bertz CT molecular complexity index is 663. The smallest absolute Gasteiger partial charge is 0.216 e. The largest absolute Gasteiger partial charge is 0.360 e. The van der Waals surface area contributed by atoms with E-state index < -0.39 is 0 Å². The molecule has 1 aromatic heterocycles. The number of rotatable bonds is 4. The average molecular weight is 281 g/mol. The molecule has 7 nitrogen and oxygen atoms in total.